The first kappa shape index (κ1) is 12.9. The molecule has 1 fully saturated rings. The molecule has 4 nitrogen and oxygen atoms in total. The number of nitrogens with one attached hydrogen (secondary N) is 2. The average Bonchev–Trinajstić information content (AvgIpc) is 2.82. The average molecular weight is 248 g/mol. The number of carbonyl (C=O) groups excluding carboxylic acids is 1. The van der Waals surface area contributed by atoms with E-state index >= 15 is 0 Å². The van der Waals surface area contributed by atoms with Gasteiger partial charge in [-0.3, -0.25) is 4.79 Å². The van der Waals surface area contributed by atoms with Crippen LogP contribution in [0.1, 0.15) is 30.6 Å². The standard InChI is InChI=1S/C14H20N2O2/c1-10(2)15-14(17)11-3-5-12(6-4-11)16-13-7-8-18-9-13/h3-6,10,13,16H,7-9H2,1-2H3,(H,15,17). The molecule has 0 radical (unpaired) electrons. The number of hydrogen-bond donors (Lipinski definition) is 2. The third kappa shape index (κ3) is 3.47. The monoisotopic (exact) mass is 248 g/mol. The molecule has 1 aliphatic heterocycles. The second-order valence-electron chi connectivity index (χ2n) is 4.91. The minimum atomic E-state index is -0.0271. The quantitative estimate of drug-likeness (QED) is 0.857. The minimum absolute atomic E-state index is 0.0271. The molecule has 0 bridgehead atoms. The van der Waals surface area contributed by atoms with E-state index in [1.165, 1.54) is 0 Å². The number of carbonyl (C=O) groups is 1. The van der Waals surface area contributed by atoms with Gasteiger partial charge in [0.2, 0.25) is 0 Å². The molecule has 0 spiro atoms. The van der Waals surface area contributed by atoms with Crippen molar-refractivity contribution in [2.45, 2.75) is 32.4 Å². The van der Waals surface area contributed by atoms with Crippen LogP contribution in [0.15, 0.2) is 24.3 Å². The Hall–Kier alpha value is -1.55. The maximum atomic E-state index is 11.8. The Morgan fingerprint density at radius 2 is 2.06 bits per heavy atom. The van der Waals surface area contributed by atoms with Gasteiger partial charge in [0.25, 0.3) is 5.91 Å². The van der Waals surface area contributed by atoms with Crippen molar-refractivity contribution < 1.29 is 9.53 Å². The fourth-order valence-electron chi connectivity index (χ4n) is 1.95. The maximum Gasteiger partial charge on any atom is 0.251 e. The molecule has 1 amide bonds. The normalized spacial score (nSPS) is 18.9. The van der Waals surface area contributed by atoms with E-state index in [-0.39, 0.29) is 11.9 Å². The van der Waals surface area contributed by atoms with Gasteiger partial charge in [0.1, 0.15) is 0 Å². The molecule has 1 heterocycles. The number of benzene rings is 1. The van der Waals surface area contributed by atoms with Crippen LogP contribution in [0.4, 0.5) is 5.69 Å². The Balaban J connectivity index is 1.94. The Morgan fingerprint density at radius 1 is 1.33 bits per heavy atom. The predicted octanol–water partition coefficient (Wildman–Crippen LogP) is 2.03. The molecular weight excluding hydrogens is 228 g/mol. The van der Waals surface area contributed by atoms with Crippen LogP contribution in [-0.2, 0) is 4.74 Å². The molecule has 1 saturated heterocycles. The third-order valence-electron chi connectivity index (χ3n) is 2.87. The van der Waals surface area contributed by atoms with Crippen molar-refractivity contribution in [3.63, 3.8) is 0 Å². The van der Waals surface area contributed by atoms with Gasteiger partial charge in [0.15, 0.2) is 0 Å². The van der Waals surface area contributed by atoms with Crippen molar-refractivity contribution >= 4 is 11.6 Å². The van der Waals surface area contributed by atoms with Crippen molar-refractivity contribution in [2.75, 3.05) is 18.5 Å². The van der Waals surface area contributed by atoms with Crippen LogP contribution in [0.3, 0.4) is 0 Å². The fraction of sp³-hybridized carbons (Fsp3) is 0.500. The first-order chi connectivity index (χ1) is 8.65. The predicted molar refractivity (Wildman–Crippen MR) is 71.9 cm³/mol. The van der Waals surface area contributed by atoms with E-state index < -0.39 is 0 Å². The third-order valence-corrected chi connectivity index (χ3v) is 2.87. The van der Waals surface area contributed by atoms with Gasteiger partial charge in [-0.05, 0) is 44.5 Å². The van der Waals surface area contributed by atoms with Gasteiger partial charge < -0.3 is 15.4 Å². The summed E-state index contributed by atoms with van der Waals surface area (Å²) < 4.78 is 5.31. The molecule has 18 heavy (non-hydrogen) atoms. The summed E-state index contributed by atoms with van der Waals surface area (Å²) in [7, 11) is 0. The van der Waals surface area contributed by atoms with Crippen LogP contribution in [0.5, 0.6) is 0 Å². The zero-order valence-corrected chi connectivity index (χ0v) is 10.9. The van der Waals surface area contributed by atoms with Crippen molar-refractivity contribution in [3.8, 4) is 0 Å². The van der Waals surface area contributed by atoms with Crippen LogP contribution in [0, 0.1) is 0 Å². The lowest BCUT2D eigenvalue weighted by atomic mass is 10.1. The van der Waals surface area contributed by atoms with Gasteiger partial charge in [-0.25, -0.2) is 0 Å². The Kier molecular flexibility index (Phi) is 4.20. The van der Waals surface area contributed by atoms with Crippen molar-refractivity contribution in [2.24, 2.45) is 0 Å². The molecule has 4 heteroatoms. The maximum absolute atomic E-state index is 11.8. The highest BCUT2D eigenvalue weighted by molar-refractivity contribution is 5.94. The molecule has 1 aliphatic rings. The summed E-state index contributed by atoms with van der Waals surface area (Å²) in [6.45, 7) is 5.49. The van der Waals surface area contributed by atoms with E-state index in [1.807, 2.05) is 38.1 Å². The van der Waals surface area contributed by atoms with E-state index in [0.29, 0.717) is 11.6 Å². The van der Waals surface area contributed by atoms with Crippen molar-refractivity contribution in [1.82, 2.24) is 5.32 Å². The fourth-order valence-corrected chi connectivity index (χ4v) is 1.95. The highest BCUT2D eigenvalue weighted by atomic mass is 16.5. The Labute approximate surface area is 108 Å². The molecule has 2 rings (SSSR count). The van der Waals surface area contributed by atoms with Gasteiger partial charge in [0, 0.05) is 23.9 Å². The van der Waals surface area contributed by atoms with Gasteiger partial charge in [0.05, 0.1) is 12.6 Å². The Morgan fingerprint density at radius 3 is 2.61 bits per heavy atom. The van der Waals surface area contributed by atoms with E-state index in [4.69, 9.17) is 4.74 Å². The van der Waals surface area contributed by atoms with Crippen LogP contribution in [0.25, 0.3) is 0 Å². The highest BCUT2D eigenvalue weighted by Gasteiger charge is 2.15. The highest BCUT2D eigenvalue weighted by Crippen LogP contribution is 2.14. The molecule has 1 unspecified atom stereocenters. The van der Waals surface area contributed by atoms with Gasteiger partial charge >= 0.3 is 0 Å². The topological polar surface area (TPSA) is 50.4 Å². The lowest BCUT2D eigenvalue weighted by molar-refractivity contribution is 0.0943. The molecule has 0 aliphatic carbocycles. The SMILES string of the molecule is CC(C)NC(=O)c1ccc(NC2CCOC2)cc1. The summed E-state index contributed by atoms with van der Waals surface area (Å²) >= 11 is 0. The number of anilines is 1. The molecule has 1 atom stereocenters. The van der Waals surface area contributed by atoms with Crippen LogP contribution in [-0.4, -0.2) is 31.2 Å². The van der Waals surface area contributed by atoms with Crippen molar-refractivity contribution in [1.29, 1.82) is 0 Å². The molecule has 1 aromatic rings. The van der Waals surface area contributed by atoms with Gasteiger partial charge in [-0.1, -0.05) is 0 Å². The van der Waals surface area contributed by atoms with E-state index in [0.717, 1.165) is 25.3 Å². The molecule has 0 aromatic heterocycles. The second-order valence-corrected chi connectivity index (χ2v) is 4.91. The summed E-state index contributed by atoms with van der Waals surface area (Å²) in [4.78, 5) is 11.8. The zero-order valence-electron chi connectivity index (χ0n) is 10.9. The van der Waals surface area contributed by atoms with E-state index in [1.54, 1.807) is 0 Å². The summed E-state index contributed by atoms with van der Waals surface area (Å²) in [5.41, 5.74) is 1.73. The largest absolute Gasteiger partial charge is 0.380 e. The number of ether oxygens (including phenoxy) is 1. The van der Waals surface area contributed by atoms with Crippen LogP contribution < -0.4 is 10.6 Å². The van der Waals surface area contributed by atoms with Gasteiger partial charge in [-0.15, -0.1) is 0 Å². The van der Waals surface area contributed by atoms with E-state index in [2.05, 4.69) is 10.6 Å². The first-order valence-electron chi connectivity index (χ1n) is 6.40. The summed E-state index contributed by atoms with van der Waals surface area (Å²) in [6, 6.07) is 8.11. The molecule has 2 N–H and O–H groups in total. The minimum Gasteiger partial charge on any atom is -0.380 e. The molecule has 0 saturated carbocycles. The van der Waals surface area contributed by atoms with E-state index in [9.17, 15) is 4.79 Å². The molecule has 98 valence electrons. The summed E-state index contributed by atoms with van der Waals surface area (Å²) in [5.74, 6) is -0.0271. The van der Waals surface area contributed by atoms with Crippen LogP contribution in [0.2, 0.25) is 0 Å². The molecule has 1 aromatic carbocycles. The summed E-state index contributed by atoms with van der Waals surface area (Å²) in [6.07, 6.45) is 1.04. The first-order valence-corrected chi connectivity index (χ1v) is 6.40. The van der Waals surface area contributed by atoms with Crippen molar-refractivity contribution in [3.05, 3.63) is 29.8 Å². The zero-order chi connectivity index (χ0) is 13.0. The van der Waals surface area contributed by atoms with Gasteiger partial charge in [-0.2, -0.15) is 0 Å². The Bertz CT molecular complexity index is 395. The molecular formula is C14H20N2O2. The second kappa shape index (κ2) is 5.87. The lowest BCUT2D eigenvalue weighted by Crippen LogP contribution is -2.30. The smallest absolute Gasteiger partial charge is 0.251 e. The number of amides is 1. The van der Waals surface area contributed by atoms with Crippen LogP contribution >= 0.6 is 0 Å². The number of rotatable bonds is 4. The number of hydrogen-bond acceptors (Lipinski definition) is 3. The summed E-state index contributed by atoms with van der Waals surface area (Å²) in [5, 5.41) is 6.26. The lowest BCUT2D eigenvalue weighted by Gasteiger charge is -2.13.